The molecule has 0 aliphatic rings. The van der Waals surface area contributed by atoms with Gasteiger partial charge in [-0.1, -0.05) is 11.8 Å². The van der Waals surface area contributed by atoms with Gasteiger partial charge in [0.05, 0.1) is 0 Å². The van der Waals surface area contributed by atoms with Gasteiger partial charge in [-0.3, -0.25) is 0 Å². The summed E-state index contributed by atoms with van der Waals surface area (Å²) in [6, 6.07) is 0. The van der Waals surface area contributed by atoms with Crippen LogP contribution in [0.15, 0.2) is 0 Å². The van der Waals surface area contributed by atoms with Crippen molar-refractivity contribution in [3.63, 3.8) is 0 Å². The molecule has 0 heterocycles. The molecule has 0 aliphatic carbocycles. The van der Waals surface area contributed by atoms with E-state index in [0.29, 0.717) is 6.29 Å². The molecule has 0 aromatic heterocycles. The summed E-state index contributed by atoms with van der Waals surface area (Å²) in [5.74, 6) is -0.174. The third-order valence-corrected chi connectivity index (χ3v) is 1.27. The monoisotopic (exact) mass is 158 g/mol. The summed E-state index contributed by atoms with van der Waals surface area (Å²) in [6.45, 7) is 0. The van der Waals surface area contributed by atoms with Crippen molar-refractivity contribution >= 4 is 18.0 Å². The largest absolute Gasteiger partial charge is 0.441 e. The molecule has 54 valence electrons. The fourth-order valence-corrected chi connectivity index (χ4v) is 0.668. The molecule has 0 saturated carbocycles. The molecule has 1 nitrogen and oxygen atoms in total. The average Bonchev–Trinajstić information content (AvgIpc) is 1.63. The topological polar surface area (TPSA) is 17.1 Å². The highest BCUT2D eigenvalue weighted by atomic mass is 32.2. The molecule has 0 amide bonds. The van der Waals surface area contributed by atoms with Crippen molar-refractivity contribution in [2.45, 2.75) is 11.9 Å². The maximum atomic E-state index is 11.2. The SMILES string of the molecule is O=CCCSC(F)(F)F. The highest BCUT2D eigenvalue weighted by molar-refractivity contribution is 8.00. The number of hydrogen-bond donors (Lipinski definition) is 0. The van der Waals surface area contributed by atoms with E-state index in [1.165, 1.54) is 0 Å². The normalized spacial score (nSPS) is 11.4. The number of halogens is 3. The summed E-state index contributed by atoms with van der Waals surface area (Å²) in [5, 5.41) is 0. The van der Waals surface area contributed by atoms with Crippen LogP contribution in [-0.2, 0) is 4.79 Å². The molecule has 0 fully saturated rings. The Morgan fingerprint density at radius 3 is 2.33 bits per heavy atom. The van der Waals surface area contributed by atoms with Gasteiger partial charge < -0.3 is 4.79 Å². The van der Waals surface area contributed by atoms with E-state index in [-0.39, 0.29) is 23.9 Å². The second-order valence-electron chi connectivity index (χ2n) is 1.25. The van der Waals surface area contributed by atoms with Gasteiger partial charge in [0.1, 0.15) is 6.29 Å². The first-order valence-corrected chi connectivity index (χ1v) is 3.19. The molecule has 5 heteroatoms. The summed E-state index contributed by atoms with van der Waals surface area (Å²) in [4.78, 5) is 9.51. The van der Waals surface area contributed by atoms with Crippen molar-refractivity contribution in [2.24, 2.45) is 0 Å². The van der Waals surface area contributed by atoms with Gasteiger partial charge >= 0.3 is 5.51 Å². The molecule has 0 bridgehead atoms. The first kappa shape index (κ1) is 8.81. The molecule has 0 rings (SSSR count). The van der Waals surface area contributed by atoms with Crippen LogP contribution in [0.2, 0.25) is 0 Å². The molecular formula is C4H5F3OS. The minimum absolute atomic E-state index is 0.0375. The fourth-order valence-electron chi connectivity index (χ4n) is 0.223. The van der Waals surface area contributed by atoms with Gasteiger partial charge in [-0.2, -0.15) is 13.2 Å². The number of aldehydes is 1. The van der Waals surface area contributed by atoms with E-state index in [1.54, 1.807) is 0 Å². The second-order valence-corrected chi connectivity index (χ2v) is 2.41. The summed E-state index contributed by atoms with van der Waals surface area (Å²) < 4.78 is 33.7. The maximum absolute atomic E-state index is 11.2. The zero-order valence-corrected chi connectivity index (χ0v) is 5.26. The number of thioether (sulfide) groups is 1. The minimum atomic E-state index is -4.19. The minimum Gasteiger partial charge on any atom is -0.303 e. The fraction of sp³-hybridized carbons (Fsp3) is 0.750. The van der Waals surface area contributed by atoms with Crippen LogP contribution in [-0.4, -0.2) is 17.5 Å². The third kappa shape index (κ3) is 7.81. The molecular weight excluding hydrogens is 153 g/mol. The molecule has 0 unspecified atom stereocenters. The van der Waals surface area contributed by atoms with Gasteiger partial charge in [-0.25, -0.2) is 0 Å². The number of carbonyl (C=O) groups excluding carboxylic acids is 1. The van der Waals surface area contributed by atoms with E-state index in [9.17, 15) is 18.0 Å². The highest BCUT2D eigenvalue weighted by Gasteiger charge is 2.27. The molecule has 0 saturated heterocycles. The summed E-state index contributed by atoms with van der Waals surface area (Å²) in [7, 11) is 0. The molecule has 0 spiro atoms. The third-order valence-electron chi connectivity index (χ3n) is 0.501. The van der Waals surface area contributed by atoms with E-state index in [2.05, 4.69) is 0 Å². The first-order valence-electron chi connectivity index (χ1n) is 2.20. The van der Waals surface area contributed by atoms with Gasteiger partial charge in [0.25, 0.3) is 0 Å². The first-order chi connectivity index (χ1) is 4.06. The molecule has 0 aromatic carbocycles. The smallest absolute Gasteiger partial charge is 0.303 e. The van der Waals surface area contributed by atoms with Gasteiger partial charge in [0.2, 0.25) is 0 Å². The van der Waals surface area contributed by atoms with Crippen LogP contribution in [0, 0.1) is 0 Å². The van der Waals surface area contributed by atoms with E-state index in [4.69, 9.17) is 0 Å². The van der Waals surface area contributed by atoms with Crippen molar-refractivity contribution in [1.82, 2.24) is 0 Å². The molecule has 0 N–H and O–H groups in total. The lowest BCUT2D eigenvalue weighted by molar-refractivity contribution is -0.107. The Kier molecular flexibility index (Phi) is 3.68. The lowest BCUT2D eigenvalue weighted by atomic mass is 10.6. The van der Waals surface area contributed by atoms with Crippen LogP contribution < -0.4 is 0 Å². The van der Waals surface area contributed by atoms with Gasteiger partial charge in [-0.05, 0) is 0 Å². The molecule has 9 heavy (non-hydrogen) atoms. The Balaban J connectivity index is 3.17. The Labute approximate surface area is 54.6 Å². The summed E-state index contributed by atoms with van der Waals surface area (Å²) in [5.41, 5.74) is -4.19. The number of hydrogen-bond acceptors (Lipinski definition) is 2. The van der Waals surface area contributed by atoms with Gasteiger partial charge in [0.15, 0.2) is 0 Å². The van der Waals surface area contributed by atoms with E-state index >= 15 is 0 Å². The molecule has 0 aliphatic heterocycles. The highest BCUT2D eigenvalue weighted by Crippen LogP contribution is 2.29. The standard InChI is InChI=1S/C4H5F3OS/c5-4(6,7)9-3-1-2-8/h2H,1,3H2. The van der Waals surface area contributed by atoms with Crippen molar-refractivity contribution < 1.29 is 18.0 Å². The molecule has 0 radical (unpaired) electrons. The zero-order chi connectivity index (χ0) is 7.33. The predicted molar refractivity (Wildman–Crippen MR) is 29.2 cm³/mol. The number of rotatable bonds is 3. The summed E-state index contributed by atoms with van der Waals surface area (Å²) in [6.07, 6.45) is 0.433. The maximum Gasteiger partial charge on any atom is 0.441 e. The van der Waals surface area contributed by atoms with Crippen LogP contribution in [0.25, 0.3) is 0 Å². The van der Waals surface area contributed by atoms with E-state index in [0.717, 1.165) is 0 Å². The second kappa shape index (κ2) is 3.76. The van der Waals surface area contributed by atoms with Crippen molar-refractivity contribution in [2.75, 3.05) is 5.75 Å². The van der Waals surface area contributed by atoms with Gasteiger partial charge in [0, 0.05) is 12.2 Å². The van der Waals surface area contributed by atoms with Crippen molar-refractivity contribution in [3.05, 3.63) is 0 Å². The Bertz CT molecular complexity index is 90.3. The van der Waals surface area contributed by atoms with Crippen LogP contribution in [0.5, 0.6) is 0 Å². The Morgan fingerprint density at radius 1 is 1.44 bits per heavy atom. The predicted octanol–water partition coefficient (Wildman–Crippen LogP) is 1.83. The average molecular weight is 158 g/mol. The van der Waals surface area contributed by atoms with Gasteiger partial charge in [-0.15, -0.1) is 0 Å². The summed E-state index contributed by atoms with van der Waals surface area (Å²) >= 11 is -0.173. The number of carbonyl (C=O) groups is 1. The van der Waals surface area contributed by atoms with Crippen molar-refractivity contribution in [3.8, 4) is 0 Å². The van der Waals surface area contributed by atoms with Crippen LogP contribution in [0.3, 0.4) is 0 Å². The zero-order valence-electron chi connectivity index (χ0n) is 4.44. The quantitative estimate of drug-likeness (QED) is 0.460. The lowest BCUT2D eigenvalue weighted by Gasteiger charge is -2.01. The van der Waals surface area contributed by atoms with E-state index < -0.39 is 5.51 Å². The van der Waals surface area contributed by atoms with Crippen LogP contribution >= 0.6 is 11.8 Å². The Hall–Kier alpha value is -0.190. The van der Waals surface area contributed by atoms with Crippen LogP contribution in [0.1, 0.15) is 6.42 Å². The lowest BCUT2D eigenvalue weighted by Crippen LogP contribution is -2.01. The van der Waals surface area contributed by atoms with E-state index in [1.807, 2.05) is 0 Å². The van der Waals surface area contributed by atoms with Crippen LogP contribution in [0.4, 0.5) is 13.2 Å². The Morgan fingerprint density at radius 2 is 2.00 bits per heavy atom. The van der Waals surface area contributed by atoms with Crippen molar-refractivity contribution in [1.29, 1.82) is 0 Å². The molecule has 0 atom stereocenters. The molecule has 0 aromatic rings. The number of alkyl halides is 3.